The standard InChI is InChI=1S/C29H22NS.C14H16GeN.Ir/c1-17(2)19-13-14-30-26(16-19)25-10-6-9-23-24-12-11-20-15-18(3)21-7-4-5-8-22(21)27(20)29(24)31-28(23)25;1-15(2,3)13-9-10-14(16-11-13)12-7-5-4-6-8-12;/h4-9,11-17H,1-3H3;4-7,9-11H,1-3H3;/q2*-1;/i17D;;. The molecule has 3 heterocycles. The van der Waals surface area contributed by atoms with Crippen molar-refractivity contribution in [3.8, 4) is 22.5 Å². The Bertz CT molecular complexity index is 2430. The van der Waals surface area contributed by atoms with Crippen LogP contribution in [0.4, 0.5) is 0 Å². The molecule has 5 heteroatoms. The number of pyridine rings is 2. The largest absolute Gasteiger partial charge is 0 e. The monoisotopic (exact) mass is 882 g/mol. The van der Waals surface area contributed by atoms with E-state index in [0.717, 1.165) is 28.1 Å². The third-order valence-electron chi connectivity index (χ3n) is 8.83. The number of thiophene rings is 1. The molecule has 0 spiro atoms. The van der Waals surface area contributed by atoms with E-state index in [0.29, 0.717) is 0 Å². The smallest absolute Gasteiger partial charge is 0 e. The summed E-state index contributed by atoms with van der Waals surface area (Å²) in [5.74, 6) is 6.47. The van der Waals surface area contributed by atoms with E-state index in [-0.39, 0.29) is 20.1 Å². The molecule has 0 atom stereocenters. The normalized spacial score (nSPS) is 12.1. The number of benzene rings is 5. The van der Waals surface area contributed by atoms with Crippen molar-refractivity contribution in [3.05, 3.63) is 139 Å². The van der Waals surface area contributed by atoms with Crippen LogP contribution in [0.5, 0.6) is 0 Å². The molecule has 0 saturated carbocycles. The summed E-state index contributed by atoms with van der Waals surface area (Å²) in [5, 5.41) is 7.73. The Kier molecular flexibility index (Phi) is 9.62. The van der Waals surface area contributed by atoms with E-state index in [2.05, 4.69) is 107 Å². The van der Waals surface area contributed by atoms with Crippen LogP contribution in [-0.2, 0) is 20.1 Å². The van der Waals surface area contributed by atoms with Gasteiger partial charge in [-0.1, -0.05) is 73.3 Å². The molecule has 0 fully saturated rings. The predicted octanol–water partition coefficient (Wildman–Crippen LogP) is 11.7. The van der Waals surface area contributed by atoms with Gasteiger partial charge in [0, 0.05) is 37.8 Å². The maximum atomic E-state index is 8.43. The van der Waals surface area contributed by atoms with Crippen LogP contribution in [0.1, 0.15) is 32.2 Å². The zero-order chi connectivity index (χ0) is 33.6. The second-order valence-electron chi connectivity index (χ2n) is 13.4. The van der Waals surface area contributed by atoms with E-state index in [1.807, 2.05) is 80.0 Å². The van der Waals surface area contributed by atoms with Crippen LogP contribution in [0, 0.1) is 19.1 Å². The third-order valence-corrected chi connectivity index (χ3v) is 14.3. The minimum atomic E-state index is -1.72. The summed E-state index contributed by atoms with van der Waals surface area (Å²) < 4.78 is 12.4. The van der Waals surface area contributed by atoms with Crippen LogP contribution in [-0.4, -0.2) is 23.2 Å². The van der Waals surface area contributed by atoms with Gasteiger partial charge in [0.05, 0.1) is 0 Å². The second kappa shape index (κ2) is 14.1. The van der Waals surface area contributed by atoms with Crippen molar-refractivity contribution in [1.82, 2.24) is 9.97 Å². The van der Waals surface area contributed by atoms with E-state index < -0.39 is 19.2 Å². The van der Waals surface area contributed by atoms with Gasteiger partial charge in [-0.3, -0.25) is 0 Å². The van der Waals surface area contributed by atoms with Crippen LogP contribution in [0.2, 0.25) is 17.3 Å². The molecule has 3 aromatic heterocycles. The molecule has 8 aromatic rings. The Morgan fingerprint density at radius 3 is 2.21 bits per heavy atom. The number of hydrogen-bond acceptors (Lipinski definition) is 3. The molecule has 0 saturated heterocycles. The average Bonchev–Trinajstić information content (AvgIpc) is 3.47. The van der Waals surface area contributed by atoms with Gasteiger partial charge in [-0.05, 0) is 56.4 Å². The van der Waals surface area contributed by atoms with Gasteiger partial charge in [0.1, 0.15) is 0 Å². The summed E-state index contributed by atoms with van der Waals surface area (Å²) in [6, 6.07) is 42.6. The summed E-state index contributed by atoms with van der Waals surface area (Å²) in [5.41, 5.74) is 6.23. The second-order valence-corrected chi connectivity index (χ2v) is 25.0. The van der Waals surface area contributed by atoms with Crippen molar-refractivity contribution in [2.45, 2.75) is 43.9 Å². The number of fused-ring (bicyclic) bond motifs is 7. The van der Waals surface area contributed by atoms with E-state index in [4.69, 9.17) is 1.37 Å². The fourth-order valence-corrected chi connectivity index (χ4v) is 9.74. The molecule has 0 N–H and O–H groups in total. The predicted molar refractivity (Wildman–Crippen MR) is 207 cm³/mol. The minimum Gasteiger partial charge on any atom is 0 e. The molecular weight excluding hydrogens is 841 g/mol. The van der Waals surface area contributed by atoms with Crippen LogP contribution in [0.3, 0.4) is 0 Å². The molecular formula is C43H38GeIrN2S-2. The molecule has 241 valence electrons. The summed E-state index contributed by atoms with van der Waals surface area (Å²) in [6.45, 7) is 6.01. The van der Waals surface area contributed by atoms with Crippen molar-refractivity contribution in [2.75, 3.05) is 0 Å². The van der Waals surface area contributed by atoms with E-state index in [1.165, 1.54) is 51.7 Å². The van der Waals surface area contributed by atoms with E-state index in [1.54, 1.807) is 0 Å². The fourth-order valence-electron chi connectivity index (χ4n) is 6.19. The van der Waals surface area contributed by atoms with Gasteiger partial charge in [0.2, 0.25) is 0 Å². The van der Waals surface area contributed by atoms with Gasteiger partial charge in [0.25, 0.3) is 0 Å². The van der Waals surface area contributed by atoms with Crippen LogP contribution < -0.4 is 4.40 Å². The molecule has 2 nitrogen and oxygen atoms in total. The molecule has 0 aliphatic rings. The molecule has 8 rings (SSSR count). The Morgan fingerprint density at radius 1 is 0.729 bits per heavy atom. The summed E-state index contributed by atoms with van der Waals surface area (Å²) in [4.78, 5) is 9.19. The maximum absolute atomic E-state index is 8.43. The number of aryl methyl sites for hydroxylation is 1. The van der Waals surface area contributed by atoms with Crippen molar-refractivity contribution in [2.24, 2.45) is 0 Å². The van der Waals surface area contributed by atoms with Crippen LogP contribution >= 0.6 is 11.3 Å². The SMILES string of the molecule is [2H]C(C)(C)c1ccnc(-c2[c-]ccc3c2sc2c3ccc3cc(C)c4ccccc4c32)c1.[CH3][Ge]([CH3])([CH3])[c]1ccc(-c2[c-]cccc2)nc1.[Ir]. The molecule has 0 aliphatic carbocycles. The number of nitrogens with zero attached hydrogens (tertiary/aromatic N) is 2. The molecule has 5 aromatic carbocycles. The fraction of sp³-hybridized carbons (Fsp3) is 0.163. The molecule has 0 unspecified atom stereocenters. The molecule has 0 amide bonds. The van der Waals surface area contributed by atoms with Crippen molar-refractivity contribution in [1.29, 1.82) is 0 Å². The Labute approximate surface area is 305 Å². The van der Waals surface area contributed by atoms with Gasteiger partial charge in [-0.2, -0.15) is 11.3 Å². The quantitative estimate of drug-likeness (QED) is 0.1000. The van der Waals surface area contributed by atoms with E-state index in [9.17, 15) is 0 Å². The van der Waals surface area contributed by atoms with Gasteiger partial charge < -0.3 is 4.98 Å². The first-order valence-corrected chi connectivity index (χ1v) is 24.2. The van der Waals surface area contributed by atoms with Crippen LogP contribution in [0.25, 0.3) is 64.2 Å². The van der Waals surface area contributed by atoms with Gasteiger partial charge in [-0.25, -0.2) is 0 Å². The van der Waals surface area contributed by atoms with Crippen LogP contribution in [0.15, 0.2) is 116 Å². The molecule has 0 bridgehead atoms. The Hall–Kier alpha value is -3.67. The maximum Gasteiger partial charge on any atom is 0 e. The summed E-state index contributed by atoms with van der Waals surface area (Å²) in [7, 11) is 0. The zero-order valence-electron chi connectivity index (χ0n) is 29.1. The molecule has 48 heavy (non-hydrogen) atoms. The van der Waals surface area contributed by atoms with Gasteiger partial charge >= 0.3 is 99.8 Å². The number of rotatable bonds is 4. The first kappa shape index (κ1) is 32.9. The van der Waals surface area contributed by atoms with Crippen molar-refractivity contribution < 1.29 is 21.5 Å². The first-order chi connectivity index (χ1) is 23.0. The number of aromatic nitrogens is 2. The Balaban J connectivity index is 0.000000208. The van der Waals surface area contributed by atoms with E-state index >= 15 is 0 Å². The van der Waals surface area contributed by atoms with Crippen molar-refractivity contribution >= 4 is 70.7 Å². The molecule has 0 aliphatic heterocycles. The average molecular weight is 881 g/mol. The number of hydrogen-bond donors (Lipinski definition) is 0. The topological polar surface area (TPSA) is 25.8 Å². The summed E-state index contributed by atoms with van der Waals surface area (Å²) >= 11 is 0.113. The summed E-state index contributed by atoms with van der Waals surface area (Å²) in [6.07, 6.45) is 3.85. The minimum absolute atomic E-state index is 0. The zero-order valence-corrected chi connectivity index (χ0v) is 33.4. The third kappa shape index (κ3) is 6.64. The van der Waals surface area contributed by atoms with Gasteiger partial charge in [-0.15, -0.1) is 23.8 Å². The van der Waals surface area contributed by atoms with Gasteiger partial charge in [0.15, 0.2) is 0 Å². The first-order valence-electron chi connectivity index (χ1n) is 16.6. The Morgan fingerprint density at radius 2 is 1.50 bits per heavy atom. The molecule has 1 radical (unpaired) electrons. The van der Waals surface area contributed by atoms with Crippen molar-refractivity contribution in [3.63, 3.8) is 0 Å².